The Morgan fingerprint density at radius 1 is 0.950 bits per heavy atom. The second-order valence-corrected chi connectivity index (χ2v) is 10.4. The average Bonchev–Trinajstić information content (AvgIpc) is 3.39. The van der Waals surface area contributed by atoms with Gasteiger partial charge in [-0.2, -0.15) is 0 Å². The number of nitrogens with one attached hydrogen (secondary N) is 2. The van der Waals surface area contributed by atoms with E-state index in [0.29, 0.717) is 36.0 Å². The van der Waals surface area contributed by atoms with Gasteiger partial charge in [-0.05, 0) is 54.3 Å². The molecule has 1 saturated carbocycles. The van der Waals surface area contributed by atoms with Gasteiger partial charge in [-0.1, -0.05) is 49.6 Å². The van der Waals surface area contributed by atoms with E-state index >= 15 is 0 Å². The molecule has 0 bridgehead atoms. The molecule has 7 nitrogen and oxygen atoms in total. The van der Waals surface area contributed by atoms with Crippen molar-refractivity contribution in [1.29, 1.82) is 0 Å². The van der Waals surface area contributed by atoms with Crippen LogP contribution >= 0.6 is 0 Å². The highest BCUT2D eigenvalue weighted by Crippen LogP contribution is 2.38. The molecule has 4 aromatic rings. The number of carbonyl (C=O) groups excluding carboxylic acids is 2. The first-order valence-electron chi connectivity index (χ1n) is 13.9. The molecule has 8 heteroatoms. The van der Waals surface area contributed by atoms with Crippen molar-refractivity contribution in [2.45, 2.75) is 50.6 Å². The molecule has 0 spiro atoms. The van der Waals surface area contributed by atoms with Crippen LogP contribution in [0.5, 0.6) is 11.5 Å². The van der Waals surface area contributed by atoms with Crippen molar-refractivity contribution in [3.05, 3.63) is 89.9 Å². The molecular formula is C32H32FN3O4. The molecule has 2 amide bonds. The second-order valence-electron chi connectivity index (χ2n) is 10.4. The first-order valence-corrected chi connectivity index (χ1v) is 13.9. The summed E-state index contributed by atoms with van der Waals surface area (Å²) in [6.45, 7) is 0.834. The Kier molecular flexibility index (Phi) is 7.40. The standard InChI is InChI=1S/C32H32FN3O4/c33-23-12-10-21(11-13-23)31(32(38)35-24-6-2-1-3-7-24)36(25-14-15-28-29(19-25)40-17-16-39-28)30(37)18-22-20-34-27-9-5-4-8-26(22)27/h4-5,8-15,19-20,24,31,34H,1-3,6-7,16-18H2,(H,35,38)/t31-/m1/s1. The Morgan fingerprint density at radius 2 is 1.70 bits per heavy atom. The summed E-state index contributed by atoms with van der Waals surface area (Å²) in [5.74, 6) is 0.129. The van der Waals surface area contributed by atoms with Crippen molar-refractivity contribution in [2.24, 2.45) is 0 Å². The number of anilines is 1. The number of nitrogens with zero attached hydrogens (tertiary/aromatic N) is 1. The number of hydrogen-bond donors (Lipinski definition) is 2. The van der Waals surface area contributed by atoms with Gasteiger partial charge in [0, 0.05) is 34.9 Å². The van der Waals surface area contributed by atoms with E-state index in [1.807, 2.05) is 30.5 Å². The van der Waals surface area contributed by atoms with Crippen LogP contribution in [-0.2, 0) is 16.0 Å². The number of para-hydroxylation sites is 1. The summed E-state index contributed by atoms with van der Waals surface area (Å²) in [5, 5.41) is 4.15. The number of aromatic amines is 1. The molecular weight excluding hydrogens is 509 g/mol. The molecule has 206 valence electrons. The van der Waals surface area contributed by atoms with Crippen molar-refractivity contribution >= 4 is 28.4 Å². The lowest BCUT2D eigenvalue weighted by molar-refractivity contribution is -0.127. The van der Waals surface area contributed by atoms with E-state index in [4.69, 9.17) is 9.47 Å². The number of rotatable bonds is 7. The van der Waals surface area contributed by atoms with Crippen LogP contribution in [0.3, 0.4) is 0 Å². The van der Waals surface area contributed by atoms with E-state index in [1.165, 1.54) is 17.0 Å². The number of ether oxygens (including phenoxy) is 2. The van der Waals surface area contributed by atoms with E-state index in [9.17, 15) is 14.0 Å². The molecule has 3 aromatic carbocycles. The van der Waals surface area contributed by atoms with Crippen LogP contribution in [0.1, 0.15) is 49.3 Å². The van der Waals surface area contributed by atoms with Gasteiger partial charge in [0.15, 0.2) is 11.5 Å². The van der Waals surface area contributed by atoms with Gasteiger partial charge in [0.2, 0.25) is 11.8 Å². The predicted octanol–water partition coefficient (Wildman–Crippen LogP) is 5.84. The van der Waals surface area contributed by atoms with Crippen molar-refractivity contribution < 1.29 is 23.5 Å². The normalized spacial score (nSPS) is 15.9. The van der Waals surface area contributed by atoms with Crippen LogP contribution in [0.2, 0.25) is 0 Å². The summed E-state index contributed by atoms with van der Waals surface area (Å²) in [5.41, 5.74) is 2.79. The lowest BCUT2D eigenvalue weighted by Gasteiger charge is -2.34. The third-order valence-electron chi connectivity index (χ3n) is 7.73. The number of aromatic nitrogens is 1. The Hall–Kier alpha value is -4.33. The fraction of sp³-hybridized carbons (Fsp3) is 0.312. The predicted molar refractivity (Wildman–Crippen MR) is 151 cm³/mol. The number of H-pyrrole nitrogens is 1. The zero-order valence-corrected chi connectivity index (χ0v) is 22.2. The fourth-order valence-electron chi connectivity index (χ4n) is 5.73. The summed E-state index contributed by atoms with van der Waals surface area (Å²) < 4.78 is 25.5. The molecule has 1 fully saturated rings. The highest BCUT2D eigenvalue weighted by molar-refractivity contribution is 6.03. The third kappa shape index (κ3) is 5.39. The van der Waals surface area contributed by atoms with Crippen LogP contribution in [-0.4, -0.2) is 36.1 Å². The quantitative estimate of drug-likeness (QED) is 0.308. The summed E-state index contributed by atoms with van der Waals surface area (Å²) in [6, 6.07) is 17.9. The summed E-state index contributed by atoms with van der Waals surface area (Å²) in [6.07, 6.45) is 6.95. The molecule has 2 N–H and O–H groups in total. The largest absolute Gasteiger partial charge is 0.486 e. The molecule has 2 aliphatic rings. The minimum Gasteiger partial charge on any atom is -0.486 e. The topological polar surface area (TPSA) is 83.7 Å². The van der Waals surface area contributed by atoms with Crippen molar-refractivity contribution in [2.75, 3.05) is 18.1 Å². The van der Waals surface area contributed by atoms with E-state index in [0.717, 1.165) is 48.6 Å². The monoisotopic (exact) mass is 541 g/mol. The minimum atomic E-state index is -1.01. The maximum atomic E-state index is 14.3. The number of fused-ring (bicyclic) bond motifs is 2. The molecule has 6 rings (SSSR count). The van der Waals surface area contributed by atoms with Gasteiger partial charge in [-0.25, -0.2) is 4.39 Å². The van der Waals surface area contributed by atoms with Gasteiger partial charge in [0.05, 0.1) is 6.42 Å². The SMILES string of the molecule is O=C(NC1CCCCC1)[C@@H](c1ccc(F)cc1)N(C(=O)Cc1c[nH]c2ccccc12)c1ccc2c(c1)OCCO2. The number of benzene rings is 3. The maximum Gasteiger partial charge on any atom is 0.248 e. The molecule has 2 heterocycles. The van der Waals surface area contributed by atoms with Crippen molar-refractivity contribution in [3.8, 4) is 11.5 Å². The van der Waals surface area contributed by atoms with Gasteiger partial charge in [-0.15, -0.1) is 0 Å². The van der Waals surface area contributed by atoms with E-state index in [1.54, 1.807) is 30.3 Å². The van der Waals surface area contributed by atoms with Crippen LogP contribution < -0.4 is 19.7 Å². The van der Waals surface area contributed by atoms with Crippen LogP contribution in [0.4, 0.5) is 10.1 Å². The molecule has 40 heavy (non-hydrogen) atoms. The van der Waals surface area contributed by atoms with Crippen LogP contribution in [0, 0.1) is 5.82 Å². The molecule has 1 aromatic heterocycles. The highest BCUT2D eigenvalue weighted by Gasteiger charge is 2.35. The van der Waals surface area contributed by atoms with Crippen molar-refractivity contribution in [3.63, 3.8) is 0 Å². The van der Waals surface area contributed by atoms with Crippen LogP contribution in [0.15, 0.2) is 72.9 Å². The van der Waals surface area contributed by atoms with Gasteiger partial charge < -0.3 is 19.8 Å². The van der Waals surface area contributed by atoms with E-state index < -0.39 is 11.9 Å². The van der Waals surface area contributed by atoms with Gasteiger partial charge in [0.25, 0.3) is 0 Å². The van der Waals surface area contributed by atoms with Crippen molar-refractivity contribution in [1.82, 2.24) is 10.3 Å². The van der Waals surface area contributed by atoms with Gasteiger partial charge in [-0.3, -0.25) is 14.5 Å². The Labute approximate surface area is 232 Å². The Bertz CT molecular complexity index is 1510. The number of hydrogen-bond acceptors (Lipinski definition) is 4. The lowest BCUT2D eigenvalue weighted by Crippen LogP contribution is -2.47. The molecule has 0 unspecified atom stereocenters. The molecule has 1 aliphatic carbocycles. The molecule has 1 atom stereocenters. The molecule has 0 saturated heterocycles. The Balaban J connectivity index is 1.42. The second kappa shape index (κ2) is 11.4. The zero-order valence-electron chi connectivity index (χ0n) is 22.2. The first kappa shape index (κ1) is 25.9. The Morgan fingerprint density at radius 3 is 2.50 bits per heavy atom. The lowest BCUT2D eigenvalue weighted by atomic mass is 9.94. The van der Waals surface area contributed by atoms with Gasteiger partial charge >= 0.3 is 0 Å². The third-order valence-corrected chi connectivity index (χ3v) is 7.73. The number of carbonyl (C=O) groups is 2. The summed E-state index contributed by atoms with van der Waals surface area (Å²) in [7, 11) is 0. The van der Waals surface area contributed by atoms with E-state index in [-0.39, 0.29) is 24.3 Å². The van der Waals surface area contributed by atoms with Gasteiger partial charge in [0.1, 0.15) is 25.1 Å². The van der Waals surface area contributed by atoms with E-state index in [2.05, 4.69) is 10.3 Å². The first-order chi connectivity index (χ1) is 19.6. The average molecular weight is 542 g/mol. The number of amides is 2. The zero-order chi connectivity index (χ0) is 27.5. The van der Waals surface area contributed by atoms with Crippen LogP contribution in [0.25, 0.3) is 10.9 Å². The maximum absolute atomic E-state index is 14.3. The fourth-order valence-corrected chi connectivity index (χ4v) is 5.73. The number of halogens is 1. The molecule has 1 aliphatic heterocycles. The summed E-state index contributed by atoms with van der Waals surface area (Å²) >= 11 is 0. The smallest absolute Gasteiger partial charge is 0.248 e. The highest BCUT2D eigenvalue weighted by atomic mass is 19.1. The summed E-state index contributed by atoms with van der Waals surface area (Å²) in [4.78, 5) is 33.1. The minimum absolute atomic E-state index is 0.0371. The molecule has 0 radical (unpaired) electrons.